The van der Waals surface area contributed by atoms with Crippen molar-refractivity contribution in [1.82, 2.24) is 0 Å². The third-order valence-electron chi connectivity index (χ3n) is 3.16. The quantitative estimate of drug-likeness (QED) is 0.829. The van der Waals surface area contributed by atoms with Crippen molar-refractivity contribution in [2.24, 2.45) is 0 Å². The number of carbonyl (C=O) groups is 1. The molecule has 0 saturated carbocycles. The molecular formula is C16H18O2S. The molecule has 3 heteroatoms. The lowest BCUT2D eigenvalue weighted by atomic mass is 9.84. The number of ketones is 1. The van der Waals surface area contributed by atoms with Crippen LogP contribution in [0.4, 0.5) is 0 Å². The van der Waals surface area contributed by atoms with Gasteiger partial charge in [-0.3, -0.25) is 4.79 Å². The highest BCUT2D eigenvalue weighted by Gasteiger charge is 2.21. The molecule has 0 atom stereocenters. The maximum absolute atomic E-state index is 12.4. The van der Waals surface area contributed by atoms with E-state index in [1.807, 2.05) is 30.5 Å². The van der Waals surface area contributed by atoms with Crippen LogP contribution in [0.25, 0.3) is 0 Å². The summed E-state index contributed by atoms with van der Waals surface area (Å²) in [7, 11) is 0. The van der Waals surface area contributed by atoms with E-state index in [-0.39, 0.29) is 16.9 Å². The average molecular weight is 274 g/mol. The second kappa shape index (κ2) is 4.82. The van der Waals surface area contributed by atoms with Crippen LogP contribution in [0, 0.1) is 6.92 Å². The normalized spacial score (nSPS) is 11.6. The topological polar surface area (TPSA) is 37.3 Å². The van der Waals surface area contributed by atoms with E-state index in [1.165, 1.54) is 11.3 Å². The Morgan fingerprint density at radius 3 is 2.47 bits per heavy atom. The molecule has 0 aliphatic heterocycles. The first kappa shape index (κ1) is 13.8. The van der Waals surface area contributed by atoms with Crippen LogP contribution in [-0.4, -0.2) is 10.9 Å². The number of aromatic hydroxyl groups is 1. The van der Waals surface area contributed by atoms with Gasteiger partial charge < -0.3 is 5.11 Å². The SMILES string of the molecule is Cc1cc(C(C)(C)C)cc(C(=O)c2cccs2)c1O. The van der Waals surface area contributed by atoms with E-state index in [2.05, 4.69) is 20.8 Å². The summed E-state index contributed by atoms with van der Waals surface area (Å²) in [5, 5.41) is 12.0. The molecule has 0 aliphatic carbocycles. The van der Waals surface area contributed by atoms with Gasteiger partial charge in [-0.2, -0.15) is 0 Å². The van der Waals surface area contributed by atoms with Crippen molar-refractivity contribution in [3.63, 3.8) is 0 Å². The van der Waals surface area contributed by atoms with Crippen LogP contribution >= 0.6 is 11.3 Å². The monoisotopic (exact) mass is 274 g/mol. The van der Waals surface area contributed by atoms with E-state index in [0.29, 0.717) is 10.4 Å². The first-order chi connectivity index (χ1) is 8.80. The predicted molar refractivity (Wildman–Crippen MR) is 79.3 cm³/mol. The van der Waals surface area contributed by atoms with Crippen molar-refractivity contribution in [2.45, 2.75) is 33.1 Å². The zero-order valence-electron chi connectivity index (χ0n) is 11.7. The molecule has 19 heavy (non-hydrogen) atoms. The van der Waals surface area contributed by atoms with Gasteiger partial charge in [0.1, 0.15) is 5.75 Å². The van der Waals surface area contributed by atoms with Gasteiger partial charge in [0, 0.05) is 0 Å². The number of carbonyl (C=O) groups excluding carboxylic acids is 1. The molecule has 1 heterocycles. The minimum absolute atomic E-state index is 0.0526. The van der Waals surface area contributed by atoms with Crippen LogP contribution in [0.15, 0.2) is 29.6 Å². The molecule has 0 unspecified atom stereocenters. The Bertz CT molecular complexity index is 604. The smallest absolute Gasteiger partial charge is 0.206 e. The van der Waals surface area contributed by atoms with Crippen molar-refractivity contribution < 1.29 is 9.90 Å². The molecule has 0 amide bonds. The Kier molecular flexibility index (Phi) is 3.50. The molecule has 0 spiro atoms. The highest BCUT2D eigenvalue weighted by Crippen LogP contribution is 2.32. The van der Waals surface area contributed by atoms with Gasteiger partial charge in [0.15, 0.2) is 0 Å². The molecule has 1 aromatic heterocycles. The summed E-state index contributed by atoms with van der Waals surface area (Å²) < 4.78 is 0. The molecule has 2 nitrogen and oxygen atoms in total. The predicted octanol–water partition coefficient (Wildman–Crippen LogP) is 4.29. The molecule has 0 fully saturated rings. The van der Waals surface area contributed by atoms with Gasteiger partial charge in [0.05, 0.1) is 10.4 Å². The fraction of sp³-hybridized carbons (Fsp3) is 0.312. The van der Waals surface area contributed by atoms with Gasteiger partial charge in [-0.05, 0) is 41.0 Å². The van der Waals surface area contributed by atoms with Gasteiger partial charge in [-0.15, -0.1) is 11.3 Å². The van der Waals surface area contributed by atoms with Gasteiger partial charge in [0.25, 0.3) is 0 Å². The Hall–Kier alpha value is -1.61. The van der Waals surface area contributed by atoms with E-state index in [1.54, 1.807) is 6.07 Å². The highest BCUT2D eigenvalue weighted by molar-refractivity contribution is 7.12. The lowest BCUT2D eigenvalue weighted by molar-refractivity contribution is 0.103. The number of phenolic OH excluding ortho intramolecular Hbond substituents is 1. The van der Waals surface area contributed by atoms with Crippen LogP contribution in [-0.2, 0) is 5.41 Å². The summed E-state index contributed by atoms with van der Waals surface area (Å²) in [6.07, 6.45) is 0. The standard InChI is InChI=1S/C16H18O2S/c1-10-8-11(16(2,3)4)9-12(14(10)17)15(18)13-6-5-7-19-13/h5-9,17H,1-4H3. The fourth-order valence-corrected chi connectivity index (χ4v) is 2.60. The summed E-state index contributed by atoms with van der Waals surface area (Å²) in [6.45, 7) is 8.12. The minimum Gasteiger partial charge on any atom is -0.507 e. The molecule has 2 aromatic rings. The first-order valence-corrected chi connectivity index (χ1v) is 7.11. The summed E-state index contributed by atoms with van der Waals surface area (Å²) in [5.41, 5.74) is 2.14. The maximum atomic E-state index is 12.4. The van der Waals surface area contributed by atoms with E-state index in [9.17, 15) is 9.90 Å². The Morgan fingerprint density at radius 2 is 1.95 bits per heavy atom. The van der Waals surface area contributed by atoms with Gasteiger partial charge >= 0.3 is 0 Å². The zero-order chi connectivity index (χ0) is 14.2. The number of rotatable bonds is 2. The number of benzene rings is 1. The molecule has 0 bridgehead atoms. The van der Waals surface area contributed by atoms with Crippen LogP contribution in [0.2, 0.25) is 0 Å². The van der Waals surface area contributed by atoms with Gasteiger partial charge in [-0.25, -0.2) is 0 Å². The lowest BCUT2D eigenvalue weighted by Crippen LogP contribution is -2.13. The second-order valence-corrected chi connectivity index (χ2v) is 6.69. The summed E-state index contributed by atoms with van der Waals surface area (Å²) in [6, 6.07) is 7.38. The molecule has 0 radical (unpaired) electrons. The third-order valence-corrected chi connectivity index (χ3v) is 4.02. The van der Waals surface area contributed by atoms with Crippen LogP contribution in [0.1, 0.15) is 47.1 Å². The van der Waals surface area contributed by atoms with Crippen LogP contribution in [0.3, 0.4) is 0 Å². The van der Waals surface area contributed by atoms with Gasteiger partial charge in [0.2, 0.25) is 5.78 Å². The van der Waals surface area contributed by atoms with E-state index in [4.69, 9.17) is 0 Å². The first-order valence-electron chi connectivity index (χ1n) is 6.23. The number of thiophene rings is 1. The number of aryl methyl sites for hydroxylation is 1. The van der Waals surface area contributed by atoms with E-state index >= 15 is 0 Å². The van der Waals surface area contributed by atoms with Crippen LogP contribution in [0.5, 0.6) is 5.75 Å². The largest absolute Gasteiger partial charge is 0.507 e. The number of phenols is 1. The molecule has 1 aromatic carbocycles. The Morgan fingerprint density at radius 1 is 1.26 bits per heavy atom. The van der Waals surface area contributed by atoms with Crippen molar-refractivity contribution in [3.8, 4) is 5.75 Å². The lowest BCUT2D eigenvalue weighted by Gasteiger charge is -2.21. The summed E-state index contributed by atoms with van der Waals surface area (Å²) in [5.74, 6) is -0.0203. The van der Waals surface area contributed by atoms with Gasteiger partial charge in [-0.1, -0.05) is 32.9 Å². The minimum atomic E-state index is -0.110. The number of hydrogen-bond acceptors (Lipinski definition) is 3. The molecule has 1 N–H and O–H groups in total. The highest BCUT2D eigenvalue weighted by atomic mass is 32.1. The second-order valence-electron chi connectivity index (χ2n) is 5.75. The zero-order valence-corrected chi connectivity index (χ0v) is 12.5. The van der Waals surface area contributed by atoms with Crippen molar-refractivity contribution in [2.75, 3.05) is 0 Å². The van der Waals surface area contributed by atoms with Crippen molar-refractivity contribution >= 4 is 17.1 Å². The summed E-state index contributed by atoms with van der Waals surface area (Å²) in [4.78, 5) is 13.1. The Balaban J connectivity index is 2.57. The average Bonchev–Trinajstić information content (AvgIpc) is 2.83. The third kappa shape index (κ3) is 2.71. The van der Waals surface area contributed by atoms with Crippen molar-refractivity contribution in [3.05, 3.63) is 51.2 Å². The molecule has 0 saturated heterocycles. The van der Waals surface area contributed by atoms with E-state index in [0.717, 1.165) is 11.1 Å². The fourth-order valence-electron chi connectivity index (χ4n) is 1.93. The number of hydrogen-bond donors (Lipinski definition) is 1. The maximum Gasteiger partial charge on any atom is 0.206 e. The van der Waals surface area contributed by atoms with E-state index < -0.39 is 0 Å². The molecular weight excluding hydrogens is 256 g/mol. The van der Waals surface area contributed by atoms with Crippen molar-refractivity contribution in [1.29, 1.82) is 0 Å². The van der Waals surface area contributed by atoms with Crippen LogP contribution < -0.4 is 0 Å². The Labute approximate surface area is 117 Å². The summed E-state index contributed by atoms with van der Waals surface area (Å²) >= 11 is 1.39. The molecule has 0 aliphatic rings. The molecule has 100 valence electrons. The molecule has 2 rings (SSSR count).